The summed E-state index contributed by atoms with van der Waals surface area (Å²) in [6, 6.07) is 4.29. The topological polar surface area (TPSA) is 105 Å². The lowest BCUT2D eigenvalue weighted by Gasteiger charge is -2.29. The Hall–Kier alpha value is -2.57. The molecule has 1 atom stereocenters. The molecular formula is C14H18N4O3. The molecule has 0 aliphatic carbocycles. The van der Waals surface area contributed by atoms with Gasteiger partial charge in [-0.1, -0.05) is 0 Å². The SMILES string of the molecule is CNC(=O)c1ccc(N)c(NC2CCC(=O)N(C)C2=O)c1. The summed E-state index contributed by atoms with van der Waals surface area (Å²) < 4.78 is 0. The Morgan fingerprint density at radius 2 is 2.10 bits per heavy atom. The van der Waals surface area contributed by atoms with E-state index in [0.717, 1.165) is 4.90 Å². The van der Waals surface area contributed by atoms with Crippen molar-refractivity contribution in [3.63, 3.8) is 0 Å². The van der Waals surface area contributed by atoms with Gasteiger partial charge in [0.05, 0.1) is 11.4 Å². The van der Waals surface area contributed by atoms with E-state index in [0.29, 0.717) is 29.8 Å². The van der Waals surface area contributed by atoms with Crippen molar-refractivity contribution in [2.24, 2.45) is 0 Å². The van der Waals surface area contributed by atoms with Crippen molar-refractivity contribution in [3.05, 3.63) is 23.8 Å². The third-order valence-electron chi connectivity index (χ3n) is 3.52. The molecule has 1 unspecified atom stereocenters. The van der Waals surface area contributed by atoms with Gasteiger partial charge in [-0.05, 0) is 24.6 Å². The molecular weight excluding hydrogens is 272 g/mol. The van der Waals surface area contributed by atoms with Gasteiger partial charge in [-0.2, -0.15) is 0 Å². The summed E-state index contributed by atoms with van der Waals surface area (Å²) in [5, 5.41) is 5.55. The number of anilines is 2. The van der Waals surface area contributed by atoms with E-state index < -0.39 is 6.04 Å². The first-order valence-corrected chi connectivity index (χ1v) is 6.62. The number of nitrogens with two attached hydrogens (primary N) is 1. The fraction of sp³-hybridized carbons (Fsp3) is 0.357. The van der Waals surface area contributed by atoms with Crippen LogP contribution in [0.5, 0.6) is 0 Å². The fourth-order valence-electron chi connectivity index (χ4n) is 2.20. The minimum Gasteiger partial charge on any atom is -0.397 e. The van der Waals surface area contributed by atoms with E-state index in [1.54, 1.807) is 18.2 Å². The Morgan fingerprint density at radius 1 is 1.38 bits per heavy atom. The van der Waals surface area contributed by atoms with E-state index in [1.807, 2.05) is 0 Å². The zero-order valence-corrected chi connectivity index (χ0v) is 12.0. The summed E-state index contributed by atoms with van der Waals surface area (Å²) in [7, 11) is 3.00. The van der Waals surface area contributed by atoms with Crippen LogP contribution in [0.15, 0.2) is 18.2 Å². The quantitative estimate of drug-likeness (QED) is 0.544. The van der Waals surface area contributed by atoms with E-state index in [4.69, 9.17) is 5.73 Å². The van der Waals surface area contributed by atoms with Gasteiger partial charge in [-0.25, -0.2) is 0 Å². The molecule has 0 spiro atoms. The number of carbonyl (C=O) groups excluding carboxylic acids is 3. The first kappa shape index (κ1) is 14.8. The largest absolute Gasteiger partial charge is 0.397 e. The summed E-state index contributed by atoms with van der Waals surface area (Å²) in [5.74, 6) is -0.721. The summed E-state index contributed by atoms with van der Waals surface area (Å²) in [6.45, 7) is 0. The normalized spacial score (nSPS) is 18.6. The molecule has 7 nitrogen and oxygen atoms in total. The van der Waals surface area contributed by atoms with E-state index in [-0.39, 0.29) is 17.7 Å². The van der Waals surface area contributed by atoms with Crippen LogP contribution in [0.25, 0.3) is 0 Å². The molecule has 1 heterocycles. The van der Waals surface area contributed by atoms with Gasteiger partial charge in [0.25, 0.3) is 11.8 Å². The van der Waals surface area contributed by atoms with Gasteiger partial charge in [-0.3, -0.25) is 19.3 Å². The van der Waals surface area contributed by atoms with Crippen molar-refractivity contribution in [1.29, 1.82) is 0 Å². The summed E-state index contributed by atoms with van der Waals surface area (Å²) in [6.07, 6.45) is 0.709. The van der Waals surface area contributed by atoms with Crippen LogP contribution < -0.4 is 16.4 Å². The third-order valence-corrected chi connectivity index (χ3v) is 3.52. The molecule has 2 rings (SSSR count). The molecule has 0 radical (unpaired) electrons. The zero-order chi connectivity index (χ0) is 15.6. The number of carbonyl (C=O) groups is 3. The van der Waals surface area contributed by atoms with Crippen LogP contribution in [0, 0.1) is 0 Å². The highest BCUT2D eigenvalue weighted by Gasteiger charge is 2.31. The lowest BCUT2D eigenvalue weighted by molar-refractivity contribution is -0.146. The molecule has 1 saturated heterocycles. The van der Waals surface area contributed by atoms with Crippen LogP contribution in [0.4, 0.5) is 11.4 Å². The van der Waals surface area contributed by atoms with E-state index in [2.05, 4.69) is 10.6 Å². The molecule has 1 aromatic carbocycles. The minimum absolute atomic E-state index is 0.190. The summed E-state index contributed by atoms with van der Waals surface area (Å²) >= 11 is 0. The second kappa shape index (κ2) is 5.82. The van der Waals surface area contributed by atoms with Gasteiger partial charge >= 0.3 is 0 Å². The molecule has 112 valence electrons. The predicted octanol–water partition coefficient (Wildman–Crippen LogP) is 0.188. The molecule has 3 amide bonds. The van der Waals surface area contributed by atoms with Gasteiger partial charge in [-0.15, -0.1) is 0 Å². The van der Waals surface area contributed by atoms with Gasteiger partial charge in [0.1, 0.15) is 6.04 Å². The Kier molecular flexibility index (Phi) is 4.11. The predicted molar refractivity (Wildman–Crippen MR) is 78.7 cm³/mol. The molecule has 0 saturated carbocycles. The number of imide groups is 1. The van der Waals surface area contributed by atoms with E-state index >= 15 is 0 Å². The maximum absolute atomic E-state index is 12.0. The molecule has 1 fully saturated rings. The lowest BCUT2D eigenvalue weighted by Crippen LogP contribution is -2.48. The highest BCUT2D eigenvalue weighted by atomic mass is 16.2. The minimum atomic E-state index is -0.519. The highest BCUT2D eigenvalue weighted by Crippen LogP contribution is 2.24. The number of nitrogen functional groups attached to an aromatic ring is 1. The van der Waals surface area contributed by atoms with Crippen molar-refractivity contribution in [2.75, 3.05) is 25.1 Å². The van der Waals surface area contributed by atoms with Crippen LogP contribution in [-0.4, -0.2) is 42.8 Å². The van der Waals surface area contributed by atoms with Gasteiger partial charge in [0.15, 0.2) is 0 Å². The number of hydrogen-bond acceptors (Lipinski definition) is 5. The Morgan fingerprint density at radius 3 is 2.76 bits per heavy atom. The van der Waals surface area contributed by atoms with E-state index in [9.17, 15) is 14.4 Å². The second-order valence-corrected chi connectivity index (χ2v) is 4.91. The van der Waals surface area contributed by atoms with E-state index in [1.165, 1.54) is 14.1 Å². The van der Waals surface area contributed by atoms with Gasteiger partial charge in [0.2, 0.25) is 5.91 Å². The van der Waals surface area contributed by atoms with Crippen molar-refractivity contribution in [1.82, 2.24) is 10.2 Å². The monoisotopic (exact) mass is 290 g/mol. The molecule has 1 aliphatic rings. The molecule has 1 aromatic rings. The van der Waals surface area contributed by atoms with Crippen molar-refractivity contribution in [2.45, 2.75) is 18.9 Å². The van der Waals surface area contributed by atoms with Crippen molar-refractivity contribution in [3.8, 4) is 0 Å². The highest BCUT2D eigenvalue weighted by molar-refractivity contribution is 6.02. The molecule has 4 N–H and O–H groups in total. The molecule has 0 aromatic heterocycles. The standard InChI is InChI=1S/C14H18N4O3/c1-16-13(20)8-3-4-9(15)11(7-8)17-10-5-6-12(19)18(2)14(10)21/h3-4,7,10,17H,5-6,15H2,1-2H3,(H,16,20). The van der Waals surface area contributed by atoms with Crippen molar-refractivity contribution < 1.29 is 14.4 Å². The Labute approximate surface area is 122 Å². The maximum Gasteiger partial charge on any atom is 0.251 e. The zero-order valence-electron chi connectivity index (χ0n) is 12.0. The first-order chi connectivity index (χ1) is 9.93. The summed E-state index contributed by atoms with van der Waals surface area (Å²) in [4.78, 5) is 36.2. The number of benzene rings is 1. The lowest BCUT2D eigenvalue weighted by atomic mass is 10.0. The number of likely N-dealkylation sites (tertiary alicyclic amines) is 1. The van der Waals surface area contributed by atoms with Crippen LogP contribution in [-0.2, 0) is 9.59 Å². The molecule has 21 heavy (non-hydrogen) atoms. The van der Waals surface area contributed by atoms with Crippen LogP contribution >= 0.6 is 0 Å². The Bertz CT molecular complexity index is 600. The van der Waals surface area contributed by atoms with Crippen LogP contribution in [0.2, 0.25) is 0 Å². The second-order valence-electron chi connectivity index (χ2n) is 4.91. The smallest absolute Gasteiger partial charge is 0.251 e. The number of nitrogens with zero attached hydrogens (tertiary/aromatic N) is 1. The van der Waals surface area contributed by atoms with Gasteiger partial charge < -0.3 is 16.4 Å². The number of amides is 3. The number of likely N-dealkylation sites (N-methyl/N-ethyl adjacent to an activating group) is 1. The van der Waals surface area contributed by atoms with Crippen molar-refractivity contribution >= 4 is 29.1 Å². The number of nitrogens with one attached hydrogen (secondary N) is 2. The number of piperidine rings is 1. The number of rotatable bonds is 3. The number of hydrogen-bond donors (Lipinski definition) is 3. The average Bonchev–Trinajstić information content (AvgIpc) is 2.49. The average molecular weight is 290 g/mol. The van der Waals surface area contributed by atoms with Gasteiger partial charge in [0, 0.05) is 26.1 Å². The molecule has 7 heteroatoms. The van der Waals surface area contributed by atoms with Crippen LogP contribution in [0.3, 0.4) is 0 Å². The fourth-order valence-corrected chi connectivity index (χ4v) is 2.20. The molecule has 1 aliphatic heterocycles. The maximum atomic E-state index is 12.0. The first-order valence-electron chi connectivity index (χ1n) is 6.62. The Balaban J connectivity index is 2.21. The third kappa shape index (κ3) is 2.96. The summed E-state index contributed by atoms with van der Waals surface area (Å²) in [5.41, 5.74) is 7.27. The molecule has 0 bridgehead atoms. The van der Waals surface area contributed by atoms with Crippen LogP contribution in [0.1, 0.15) is 23.2 Å².